The smallest absolute Gasteiger partial charge is 0.348 e. The molecule has 0 spiro atoms. The highest BCUT2D eigenvalue weighted by atomic mass is 19.4. The molecule has 0 aliphatic rings. The van der Waals surface area contributed by atoms with Crippen molar-refractivity contribution in [2.75, 3.05) is 6.54 Å². The Morgan fingerprint density at radius 3 is 2.29 bits per heavy atom. The molecule has 2 N–H and O–H groups in total. The Bertz CT molecular complexity index is 805. The van der Waals surface area contributed by atoms with Crippen LogP contribution in [-0.4, -0.2) is 18.4 Å². The predicted molar refractivity (Wildman–Crippen MR) is 101 cm³/mol. The molecule has 2 aromatic carbocycles. The lowest BCUT2D eigenvalue weighted by Gasteiger charge is -2.22. The number of carbonyl (C=O) groups excluding carboxylic acids is 2. The van der Waals surface area contributed by atoms with E-state index in [9.17, 15) is 22.8 Å². The van der Waals surface area contributed by atoms with E-state index in [1.165, 1.54) is 6.07 Å². The van der Waals surface area contributed by atoms with Crippen LogP contribution in [0.4, 0.5) is 13.2 Å². The van der Waals surface area contributed by atoms with Crippen LogP contribution in [-0.2, 0) is 11.0 Å². The zero-order valence-electron chi connectivity index (χ0n) is 15.7. The lowest BCUT2D eigenvalue weighted by atomic mass is 9.95. The first-order valence-corrected chi connectivity index (χ1v) is 8.96. The Morgan fingerprint density at radius 1 is 1.00 bits per heavy atom. The fraction of sp³-hybridized carbons (Fsp3) is 0.333. The number of rotatable bonds is 7. The van der Waals surface area contributed by atoms with Crippen LogP contribution >= 0.6 is 0 Å². The SMILES string of the molecule is CC(C)CC(NC(=O)CNC(=O)c1ccccc1)c1cccc(C(F)(F)F)c1. The zero-order chi connectivity index (χ0) is 20.7. The number of carbonyl (C=O) groups is 2. The number of nitrogens with one attached hydrogen (secondary N) is 2. The normalized spacial score (nSPS) is 12.5. The van der Waals surface area contributed by atoms with Crippen LogP contribution in [0, 0.1) is 5.92 Å². The summed E-state index contributed by atoms with van der Waals surface area (Å²) >= 11 is 0. The van der Waals surface area contributed by atoms with Gasteiger partial charge in [0.25, 0.3) is 5.91 Å². The van der Waals surface area contributed by atoms with Crippen LogP contribution in [0.25, 0.3) is 0 Å². The Balaban J connectivity index is 2.05. The third-order valence-corrected chi connectivity index (χ3v) is 4.10. The summed E-state index contributed by atoms with van der Waals surface area (Å²) in [7, 11) is 0. The van der Waals surface area contributed by atoms with Gasteiger partial charge in [-0.25, -0.2) is 0 Å². The van der Waals surface area contributed by atoms with Gasteiger partial charge in [-0.05, 0) is 42.2 Å². The van der Waals surface area contributed by atoms with Gasteiger partial charge < -0.3 is 10.6 Å². The highest BCUT2D eigenvalue weighted by Gasteiger charge is 2.31. The van der Waals surface area contributed by atoms with Crippen molar-refractivity contribution >= 4 is 11.8 Å². The molecule has 4 nitrogen and oxygen atoms in total. The molecule has 0 aliphatic carbocycles. The van der Waals surface area contributed by atoms with Gasteiger partial charge >= 0.3 is 6.18 Å². The Kier molecular flexibility index (Phi) is 7.20. The molecule has 0 aromatic heterocycles. The first-order chi connectivity index (χ1) is 13.2. The molecule has 0 fully saturated rings. The van der Waals surface area contributed by atoms with E-state index in [2.05, 4.69) is 10.6 Å². The van der Waals surface area contributed by atoms with Crippen LogP contribution in [0.5, 0.6) is 0 Å². The summed E-state index contributed by atoms with van der Waals surface area (Å²) in [5.41, 5.74) is 0.0450. The van der Waals surface area contributed by atoms with Gasteiger partial charge in [0, 0.05) is 5.56 Å². The fourth-order valence-electron chi connectivity index (χ4n) is 2.78. The molecule has 7 heteroatoms. The van der Waals surface area contributed by atoms with Crippen LogP contribution in [0.15, 0.2) is 54.6 Å². The minimum absolute atomic E-state index is 0.152. The lowest BCUT2D eigenvalue weighted by Crippen LogP contribution is -2.39. The van der Waals surface area contributed by atoms with Gasteiger partial charge in [-0.2, -0.15) is 13.2 Å². The number of hydrogen-bond donors (Lipinski definition) is 2. The maximum Gasteiger partial charge on any atom is 0.416 e. The fourth-order valence-corrected chi connectivity index (χ4v) is 2.78. The minimum Gasteiger partial charge on any atom is -0.348 e. The summed E-state index contributed by atoms with van der Waals surface area (Å²) < 4.78 is 39.0. The first kappa shape index (κ1) is 21.5. The molecular weight excluding hydrogens is 369 g/mol. The molecule has 2 aromatic rings. The topological polar surface area (TPSA) is 58.2 Å². The molecule has 0 saturated heterocycles. The quantitative estimate of drug-likeness (QED) is 0.737. The highest BCUT2D eigenvalue weighted by Crippen LogP contribution is 2.32. The zero-order valence-corrected chi connectivity index (χ0v) is 15.7. The monoisotopic (exact) mass is 392 g/mol. The summed E-state index contributed by atoms with van der Waals surface area (Å²) in [5, 5.41) is 5.24. The van der Waals surface area contributed by atoms with E-state index in [-0.39, 0.29) is 12.5 Å². The van der Waals surface area contributed by atoms with Crippen molar-refractivity contribution in [2.45, 2.75) is 32.5 Å². The van der Waals surface area contributed by atoms with Crippen molar-refractivity contribution in [2.24, 2.45) is 5.92 Å². The summed E-state index contributed by atoms with van der Waals surface area (Å²) in [6, 6.07) is 12.8. The van der Waals surface area contributed by atoms with Gasteiger partial charge in [-0.15, -0.1) is 0 Å². The molecule has 1 atom stereocenters. The molecule has 0 saturated carbocycles. The maximum absolute atomic E-state index is 13.0. The van der Waals surface area contributed by atoms with Gasteiger partial charge in [-0.3, -0.25) is 9.59 Å². The van der Waals surface area contributed by atoms with Gasteiger partial charge in [-0.1, -0.05) is 44.2 Å². The molecule has 0 heterocycles. The van der Waals surface area contributed by atoms with E-state index in [4.69, 9.17) is 0 Å². The van der Waals surface area contributed by atoms with E-state index in [1.807, 2.05) is 13.8 Å². The van der Waals surface area contributed by atoms with Crippen LogP contribution in [0.2, 0.25) is 0 Å². The molecule has 0 aliphatic heterocycles. The average molecular weight is 392 g/mol. The minimum atomic E-state index is -4.45. The van der Waals surface area contributed by atoms with Crippen molar-refractivity contribution < 1.29 is 22.8 Å². The molecule has 0 bridgehead atoms. The average Bonchev–Trinajstić information content (AvgIpc) is 2.65. The molecule has 0 radical (unpaired) electrons. The molecule has 150 valence electrons. The van der Waals surface area contributed by atoms with Crippen molar-refractivity contribution in [3.05, 3.63) is 71.3 Å². The van der Waals surface area contributed by atoms with Crippen LogP contribution < -0.4 is 10.6 Å². The summed E-state index contributed by atoms with van der Waals surface area (Å²) in [6.07, 6.45) is -3.98. The second kappa shape index (κ2) is 9.39. The van der Waals surface area contributed by atoms with Crippen LogP contribution in [0.1, 0.15) is 47.8 Å². The Hall–Kier alpha value is -2.83. The molecule has 2 amide bonds. The first-order valence-electron chi connectivity index (χ1n) is 8.96. The number of alkyl halides is 3. The number of hydrogen-bond acceptors (Lipinski definition) is 2. The third kappa shape index (κ3) is 6.40. The molecule has 2 rings (SSSR count). The van der Waals surface area contributed by atoms with E-state index in [0.717, 1.165) is 12.1 Å². The number of benzene rings is 2. The van der Waals surface area contributed by atoms with E-state index < -0.39 is 29.6 Å². The molecule has 28 heavy (non-hydrogen) atoms. The van der Waals surface area contributed by atoms with Crippen molar-refractivity contribution in [1.82, 2.24) is 10.6 Å². The number of amides is 2. The standard InChI is InChI=1S/C21H23F3N2O2/c1-14(2)11-18(16-9-6-10-17(12-16)21(22,23)24)26-19(27)13-25-20(28)15-7-4-3-5-8-15/h3-10,12,14,18H,11,13H2,1-2H3,(H,25,28)(H,26,27). The summed E-state index contributed by atoms with van der Waals surface area (Å²) in [5.74, 6) is -0.707. The predicted octanol–water partition coefficient (Wildman–Crippen LogP) is 4.34. The van der Waals surface area contributed by atoms with E-state index in [0.29, 0.717) is 17.5 Å². The second-order valence-corrected chi connectivity index (χ2v) is 6.92. The van der Waals surface area contributed by atoms with E-state index >= 15 is 0 Å². The van der Waals surface area contributed by atoms with Gasteiger partial charge in [0.1, 0.15) is 0 Å². The number of halogens is 3. The third-order valence-electron chi connectivity index (χ3n) is 4.10. The van der Waals surface area contributed by atoms with Crippen LogP contribution in [0.3, 0.4) is 0 Å². The van der Waals surface area contributed by atoms with Crippen molar-refractivity contribution in [1.29, 1.82) is 0 Å². The van der Waals surface area contributed by atoms with Gasteiger partial charge in [0.15, 0.2) is 0 Å². The molecular formula is C21H23F3N2O2. The second-order valence-electron chi connectivity index (χ2n) is 6.92. The lowest BCUT2D eigenvalue weighted by molar-refractivity contribution is -0.137. The van der Waals surface area contributed by atoms with E-state index in [1.54, 1.807) is 36.4 Å². The highest BCUT2D eigenvalue weighted by molar-refractivity contribution is 5.96. The largest absolute Gasteiger partial charge is 0.416 e. The molecule has 1 unspecified atom stereocenters. The maximum atomic E-state index is 13.0. The summed E-state index contributed by atoms with van der Waals surface area (Å²) in [4.78, 5) is 24.3. The Morgan fingerprint density at radius 2 is 1.68 bits per heavy atom. The van der Waals surface area contributed by atoms with Gasteiger partial charge in [0.05, 0.1) is 18.2 Å². The van der Waals surface area contributed by atoms with Crippen molar-refractivity contribution in [3.8, 4) is 0 Å². The Labute approximate surface area is 162 Å². The van der Waals surface area contributed by atoms with Crippen molar-refractivity contribution in [3.63, 3.8) is 0 Å². The van der Waals surface area contributed by atoms with Gasteiger partial charge in [0.2, 0.25) is 5.91 Å². The summed E-state index contributed by atoms with van der Waals surface area (Å²) in [6.45, 7) is 3.58.